The van der Waals surface area contributed by atoms with Crippen molar-refractivity contribution in [1.29, 1.82) is 0 Å². The van der Waals surface area contributed by atoms with Gasteiger partial charge in [0.15, 0.2) is 0 Å². The Bertz CT molecular complexity index is 1180. The van der Waals surface area contributed by atoms with Crippen LogP contribution < -0.4 is 5.32 Å². The van der Waals surface area contributed by atoms with Gasteiger partial charge in [0, 0.05) is 23.0 Å². The molecule has 0 radical (unpaired) electrons. The molecule has 31 heavy (non-hydrogen) atoms. The molecule has 0 bridgehead atoms. The third-order valence-corrected chi connectivity index (χ3v) is 6.03. The second-order valence-electron chi connectivity index (χ2n) is 7.91. The lowest BCUT2D eigenvalue weighted by atomic mass is 9.98. The van der Waals surface area contributed by atoms with Crippen LogP contribution in [0, 0.1) is 0 Å². The van der Waals surface area contributed by atoms with E-state index in [1.54, 1.807) is 0 Å². The summed E-state index contributed by atoms with van der Waals surface area (Å²) in [4.78, 5) is 15.8. The molecule has 1 heterocycles. The Morgan fingerprint density at radius 3 is 2.32 bits per heavy atom. The molecule has 0 fully saturated rings. The summed E-state index contributed by atoms with van der Waals surface area (Å²) in [6, 6.07) is 24.1. The first-order valence-corrected chi connectivity index (χ1v) is 10.5. The molecular weight excluding hydrogens is 388 g/mol. The highest BCUT2D eigenvalue weighted by atomic mass is 16.5. The van der Waals surface area contributed by atoms with Gasteiger partial charge in [0.2, 0.25) is 0 Å². The Hall–Kier alpha value is -3.57. The fourth-order valence-electron chi connectivity index (χ4n) is 4.53. The molecule has 1 atom stereocenters. The molecule has 5 nitrogen and oxygen atoms in total. The monoisotopic (exact) mass is 412 g/mol. The first-order chi connectivity index (χ1) is 15.2. The normalized spacial score (nSPS) is 13.6. The Labute approximate surface area is 180 Å². The molecule has 4 aromatic rings. The summed E-state index contributed by atoms with van der Waals surface area (Å²) in [7, 11) is 0. The van der Waals surface area contributed by atoms with Crippen molar-refractivity contribution in [3.05, 3.63) is 95.7 Å². The van der Waals surface area contributed by atoms with Gasteiger partial charge >= 0.3 is 6.09 Å². The number of benzene rings is 3. The summed E-state index contributed by atoms with van der Waals surface area (Å²) in [5.74, 6) is 0.0133. The number of aliphatic hydroxyl groups excluding tert-OH is 1. The maximum atomic E-state index is 12.5. The van der Waals surface area contributed by atoms with Crippen LogP contribution in [0.5, 0.6) is 0 Å². The van der Waals surface area contributed by atoms with Crippen LogP contribution in [0.2, 0.25) is 0 Å². The number of carbonyl (C=O) groups is 1. The summed E-state index contributed by atoms with van der Waals surface area (Å²) >= 11 is 0. The largest absolute Gasteiger partial charge is 0.449 e. The van der Waals surface area contributed by atoms with Gasteiger partial charge in [-0.2, -0.15) is 0 Å². The van der Waals surface area contributed by atoms with E-state index in [4.69, 9.17) is 4.74 Å². The number of aliphatic hydroxyl groups is 1. The van der Waals surface area contributed by atoms with Crippen LogP contribution in [0.25, 0.3) is 22.0 Å². The third-order valence-electron chi connectivity index (χ3n) is 6.03. The average Bonchev–Trinajstić information content (AvgIpc) is 3.36. The van der Waals surface area contributed by atoms with Gasteiger partial charge in [-0.05, 0) is 40.3 Å². The van der Waals surface area contributed by atoms with E-state index < -0.39 is 12.1 Å². The smallest absolute Gasteiger partial charge is 0.407 e. The number of H-pyrrole nitrogens is 1. The number of para-hydroxylation sites is 1. The van der Waals surface area contributed by atoms with Gasteiger partial charge in [-0.1, -0.05) is 66.7 Å². The second-order valence-corrected chi connectivity index (χ2v) is 7.91. The fourth-order valence-corrected chi connectivity index (χ4v) is 4.53. The molecule has 3 N–H and O–H groups in total. The Kier molecular flexibility index (Phi) is 5.18. The zero-order chi connectivity index (χ0) is 21.2. The maximum absolute atomic E-state index is 12.5. The lowest BCUT2D eigenvalue weighted by Gasteiger charge is -2.18. The van der Waals surface area contributed by atoms with E-state index in [0.29, 0.717) is 6.42 Å². The topological polar surface area (TPSA) is 74.4 Å². The van der Waals surface area contributed by atoms with E-state index in [2.05, 4.69) is 34.6 Å². The van der Waals surface area contributed by atoms with Crippen molar-refractivity contribution in [3.63, 3.8) is 0 Å². The molecule has 0 spiro atoms. The van der Waals surface area contributed by atoms with E-state index in [9.17, 15) is 9.90 Å². The van der Waals surface area contributed by atoms with Crippen molar-refractivity contribution in [1.82, 2.24) is 10.3 Å². The molecule has 156 valence electrons. The third kappa shape index (κ3) is 3.68. The highest BCUT2D eigenvalue weighted by molar-refractivity contribution is 5.83. The number of amides is 1. The van der Waals surface area contributed by atoms with E-state index in [1.807, 2.05) is 54.7 Å². The maximum Gasteiger partial charge on any atom is 0.407 e. The molecule has 1 aliphatic carbocycles. The molecule has 0 saturated heterocycles. The molecule has 1 amide bonds. The van der Waals surface area contributed by atoms with Gasteiger partial charge in [-0.3, -0.25) is 0 Å². The van der Waals surface area contributed by atoms with Gasteiger partial charge < -0.3 is 20.1 Å². The lowest BCUT2D eigenvalue weighted by molar-refractivity contribution is 0.132. The van der Waals surface area contributed by atoms with Crippen molar-refractivity contribution in [2.75, 3.05) is 13.2 Å². The molecule has 1 aromatic heterocycles. The summed E-state index contributed by atoms with van der Waals surface area (Å²) in [5.41, 5.74) is 6.83. The predicted molar refractivity (Wildman–Crippen MR) is 121 cm³/mol. The minimum absolute atomic E-state index is 0.0133. The fraction of sp³-hybridized carbons (Fsp3) is 0.192. The van der Waals surface area contributed by atoms with E-state index in [0.717, 1.165) is 16.5 Å². The number of hydrogen-bond acceptors (Lipinski definition) is 3. The molecule has 3 aromatic carbocycles. The highest BCUT2D eigenvalue weighted by Gasteiger charge is 2.29. The lowest BCUT2D eigenvalue weighted by Crippen LogP contribution is -2.39. The minimum Gasteiger partial charge on any atom is -0.449 e. The molecule has 0 saturated carbocycles. The second kappa shape index (κ2) is 8.28. The number of ether oxygens (including phenoxy) is 1. The van der Waals surface area contributed by atoms with Crippen molar-refractivity contribution >= 4 is 17.0 Å². The van der Waals surface area contributed by atoms with Crippen LogP contribution in [0.3, 0.4) is 0 Å². The Morgan fingerprint density at radius 1 is 0.968 bits per heavy atom. The molecule has 1 aliphatic rings. The number of hydrogen-bond donors (Lipinski definition) is 3. The van der Waals surface area contributed by atoms with Crippen molar-refractivity contribution in [2.24, 2.45) is 0 Å². The van der Waals surface area contributed by atoms with Gasteiger partial charge in [0.1, 0.15) is 6.61 Å². The van der Waals surface area contributed by atoms with Crippen LogP contribution in [-0.4, -0.2) is 35.4 Å². The first-order valence-electron chi connectivity index (χ1n) is 10.5. The molecular formula is C26H24N2O3. The van der Waals surface area contributed by atoms with Gasteiger partial charge in [-0.15, -0.1) is 0 Å². The summed E-state index contributed by atoms with van der Waals surface area (Å²) in [5, 5.41) is 13.7. The first kappa shape index (κ1) is 19.4. The van der Waals surface area contributed by atoms with Crippen LogP contribution in [0.4, 0.5) is 4.79 Å². The zero-order valence-electron chi connectivity index (χ0n) is 17.0. The van der Waals surface area contributed by atoms with Crippen LogP contribution >= 0.6 is 0 Å². The number of rotatable bonds is 6. The minimum atomic E-state index is -0.513. The standard InChI is InChI=1S/C26H24N2O3/c29-15-18(13-17-14-27-25-12-6-5-7-19(17)25)28-26(30)31-16-24-22-10-3-1-8-20(22)21-9-2-4-11-23(21)24/h1-12,14,18,24,27,29H,13,15-16H2,(H,28,30)/t18-/m1/s1. The average molecular weight is 412 g/mol. The summed E-state index contributed by atoms with van der Waals surface area (Å²) < 4.78 is 5.61. The SMILES string of the molecule is O=C(N[C@@H](CO)Cc1c[nH]c2ccccc12)OCC1c2ccccc2-c2ccccc21. The number of nitrogens with one attached hydrogen (secondary N) is 2. The van der Waals surface area contributed by atoms with Crippen LogP contribution in [0.15, 0.2) is 79.0 Å². The zero-order valence-corrected chi connectivity index (χ0v) is 17.0. The van der Waals surface area contributed by atoms with E-state index in [-0.39, 0.29) is 19.1 Å². The van der Waals surface area contributed by atoms with E-state index >= 15 is 0 Å². The summed E-state index contributed by atoms with van der Waals surface area (Å²) in [6.07, 6.45) is 1.93. The Balaban J connectivity index is 1.25. The highest BCUT2D eigenvalue weighted by Crippen LogP contribution is 2.44. The number of fused-ring (bicyclic) bond motifs is 4. The summed E-state index contributed by atoms with van der Waals surface area (Å²) in [6.45, 7) is 0.0921. The molecule has 5 rings (SSSR count). The number of carbonyl (C=O) groups excluding carboxylic acids is 1. The molecule has 5 heteroatoms. The van der Waals surface area contributed by atoms with Crippen molar-refractivity contribution in [3.8, 4) is 11.1 Å². The molecule has 0 unspecified atom stereocenters. The molecule has 0 aliphatic heterocycles. The van der Waals surface area contributed by atoms with Crippen molar-refractivity contribution in [2.45, 2.75) is 18.4 Å². The van der Waals surface area contributed by atoms with Gasteiger partial charge in [0.25, 0.3) is 0 Å². The van der Waals surface area contributed by atoms with Crippen molar-refractivity contribution < 1.29 is 14.6 Å². The van der Waals surface area contributed by atoms with Gasteiger partial charge in [0.05, 0.1) is 12.6 Å². The van der Waals surface area contributed by atoms with Gasteiger partial charge in [-0.25, -0.2) is 4.79 Å². The quantitative estimate of drug-likeness (QED) is 0.433. The number of alkyl carbamates (subject to hydrolysis) is 1. The van der Waals surface area contributed by atoms with Crippen LogP contribution in [-0.2, 0) is 11.2 Å². The van der Waals surface area contributed by atoms with E-state index in [1.165, 1.54) is 22.3 Å². The van der Waals surface area contributed by atoms with Crippen LogP contribution in [0.1, 0.15) is 22.6 Å². The predicted octanol–water partition coefficient (Wildman–Crippen LogP) is 4.61. The Morgan fingerprint density at radius 2 is 1.61 bits per heavy atom. The number of aromatic nitrogens is 1. The number of aromatic amines is 1.